The zero-order valence-electron chi connectivity index (χ0n) is 12.9. The SMILES string of the molecule is C=C(c1ccc(OC)cc1)[C@@H](CC)c1ccc(OC)cc1. The van der Waals surface area contributed by atoms with Crippen LogP contribution in [-0.2, 0) is 0 Å². The van der Waals surface area contributed by atoms with Crippen molar-refractivity contribution in [2.24, 2.45) is 0 Å². The molecule has 0 aliphatic heterocycles. The van der Waals surface area contributed by atoms with Gasteiger partial charge < -0.3 is 9.47 Å². The first-order valence-electron chi connectivity index (χ1n) is 7.16. The summed E-state index contributed by atoms with van der Waals surface area (Å²) in [5, 5.41) is 0. The second kappa shape index (κ2) is 6.98. The van der Waals surface area contributed by atoms with Crippen LogP contribution < -0.4 is 9.47 Å². The zero-order chi connectivity index (χ0) is 15.2. The molecule has 0 unspecified atom stereocenters. The smallest absolute Gasteiger partial charge is 0.118 e. The van der Waals surface area contributed by atoms with E-state index in [1.165, 1.54) is 5.56 Å². The van der Waals surface area contributed by atoms with E-state index in [2.05, 4.69) is 37.8 Å². The van der Waals surface area contributed by atoms with Crippen LogP contribution in [0.5, 0.6) is 11.5 Å². The van der Waals surface area contributed by atoms with Gasteiger partial charge in [0.1, 0.15) is 11.5 Å². The van der Waals surface area contributed by atoms with Gasteiger partial charge in [-0.2, -0.15) is 0 Å². The Morgan fingerprint density at radius 1 is 0.905 bits per heavy atom. The van der Waals surface area contributed by atoms with Crippen LogP contribution in [0, 0.1) is 0 Å². The van der Waals surface area contributed by atoms with Gasteiger partial charge in [0.15, 0.2) is 0 Å². The summed E-state index contributed by atoms with van der Waals surface area (Å²) in [5.74, 6) is 2.05. The molecule has 0 aromatic heterocycles. The van der Waals surface area contributed by atoms with E-state index in [4.69, 9.17) is 9.47 Å². The molecule has 2 nitrogen and oxygen atoms in total. The Morgan fingerprint density at radius 2 is 1.38 bits per heavy atom. The number of methoxy groups -OCH3 is 2. The Hall–Kier alpha value is -2.22. The molecule has 2 aromatic rings. The van der Waals surface area contributed by atoms with Gasteiger partial charge in [-0.15, -0.1) is 0 Å². The monoisotopic (exact) mass is 282 g/mol. The van der Waals surface area contributed by atoms with Gasteiger partial charge in [0.25, 0.3) is 0 Å². The molecule has 0 heterocycles. The lowest BCUT2D eigenvalue weighted by atomic mass is 9.86. The van der Waals surface area contributed by atoms with Crippen molar-refractivity contribution in [1.29, 1.82) is 0 Å². The predicted molar refractivity (Wildman–Crippen MR) is 88.1 cm³/mol. The number of hydrogen-bond donors (Lipinski definition) is 0. The van der Waals surface area contributed by atoms with Gasteiger partial charge in [-0.25, -0.2) is 0 Å². The molecule has 0 saturated heterocycles. The number of hydrogen-bond acceptors (Lipinski definition) is 2. The van der Waals surface area contributed by atoms with E-state index >= 15 is 0 Å². The van der Waals surface area contributed by atoms with Gasteiger partial charge in [0.05, 0.1) is 14.2 Å². The van der Waals surface area contributed by atoms with E-state index in [0.29, 0.717) is 5.92 Å². The van der Waals surface area contributed by atoms with Crippen molar-refractivity contribution in [2.75, 3.05) is 14.2 Å². The molecule has 21 heavy (non-hydrogen) atoms. The summed E-state index contributed by atoms with van der Waals surface area (Å²) in [6, 6.07) is 16.3. The van der Waals surface area contributed by atoms with Crippen molar-refractivity contribution in [3.05, 3.63) is 66.2 Å². The van der Waals surface area contributed by atoms with Gasteiger partial charge in [0, 0.05) is 5.92 Å². The van der Waals surface area contributed by atoms with Crippen LogP contribution in [0.4, 0.5) is 0 Å². The predicted octanol–water partition coefficient (Wildman–Crippen LogP) is 4.91. The lowest BCUT2D eigenvalue weighted by molar-refractivity contribution is 0.414. The number of allylic oxidation sites excluding steroid dienone is 1. The highest BCUT2D eigenvalue weighted by atomic mass is 16.5. The molecule has 2 rings (SSSR count). The van der Waals surface area contributed by atoms with Crippen molar-refractivity contribution in [2.45, 2.75) is 19.3 Å². The Morgan fingerprint density at radius 3 is 1.81 bits per heavy atom. The van der Waals surface area contributed by atoms with Crippen LogP contribution in [0.1, 0.15) is 30.4 Å². The third-order valence-corrected chi connectivity index (χ3v) is 3.81. The van der Waals surface area contributed by atoms with Crippen molar-refractivity contribution in [3.8, 4) is 11.5 Å². The number of rotatable bonds is 6. The van der Waals surface area contributed by atoms with Gasteiger partial charge in [-0.1, -0.05) is 37.8 Å². The third kappa shape index (κ3) is 3.46. The molecule has 0 aliphatic carbocycles. The molecule has 0 saturated carbocycles. The summed E-state index contributed by atoms with van der Waals surface area (Å²) in [4.78, 5) is 0. The van der Waals surface area contributed by atoms with E-state index in [1.54, 1.807) is 14.2 Å². The molecule has 0 amide bonds. The second-order valence-electron chi connectivity index (χ2n) is 4.99. The Labute approximate surface area is 127 Å². The summed E-state index contributed by atoms with van der Waals surface area (Å²) in [5.41, 5.74) is 3.54. The summed E-state index contributed by atoms with van der Waals surface area (Å²) >= 11 is 0. The van der Waals surface area contributed by atoms with Crippen LogP contribution in [-0.4, -0.2) is 14.2 Å². The first-order valence-corrected chi connectivity index (χ1v) is 7.16. The van der Waals surface area contributed by atoms with Crippen molar-refractivity contribution in [3.63, 3.8) is 0 Å². The maximum Gasteiger partial charge on any atom is 0.118 e. The zero-order valence-corrected chi connectivity index (χ0v) is 12.9. The molecular weight excluding hydrogens is 260 g/mol. The van der Waals surface area contributed by atoms with Crippen LogP contribution in [0.3, 0.4) is 0 Å². The Bertz CT molecular complexity index is 582. The summed E-state index contributed by atoms with van der Waals surface area (Å²) in [7, 11) is 3.36. The summed E-state index contributed by atoms with van der Waals surface area (Å²) < 4.78 is 10.4. The molecule has 0 N–H and O–H groups in total. The van der Waals surface area contributed by atoms with E-state index in [0.717, 1.165) is 29.1 Å². The molecule has 0 bridgehead atoms. The molecule has 0 spiro atoms. The highest BCUT2D eigenvalue weighted by Crippen LogP contribution is 2.34. The molecule has 2 aromatic carbocycles. The minimum atomic E-state index is 0.310. The largest absolute Gasteiger partial charge is 0.497 e. The van der Waals surface area contributed by atoms with Crippen LogP contribution >= 0.6 is 0 Å². The molecule has 110 valence electrons. The molecule has 2 heteroatoms. The topological polar surface area (TPSA) is 18.5 Å². The number of ether oxygens (including phenoxy) is 2. The standard InChI is InChI=1S/C19H22O2/c1-5-19(16-8-12-18(21-4)13-9-16)14(2)15-6-10-17(20-3)11-7-15/h6-13,19H,2,5H2,1,3-4H3/t19-/m1/s1. The van der Waals surface area contributed by atoms with Crippen molar-refractivity contribution < 1.29 is 9.47 Å². The second-order valence-corrected chi connectivity index (χ2v) is 4.99. The highest BCUT2D eigenvalue weighted by molar-refractivity contribution is 5.70. The highest BCUT2D eigenvalue weighted by Gasteiger charge is 2.15. The Kier molecular flexibility index (Phi) is 5.04. The lowest BCUT2D eigenvalue weighted by Crippen LogP contribution is -2.00. The molecule has 0 radical (unpaired) electrons. The molecule has 0 fully saturated rings. The molecule has 0 aliphatic rings. The molecular formula is C19H22O2. The van der Waals surface area contributed by atoms with Gasteiger partial charge in [-0.05, 0) is 47.4 Å². The van der Waals surface area contributed by atoms with E-state index in [1.807, 2.05) is 24.3 Å². The van der Waals surface area contributed by atoms with Crippen LogP contribution in [0.15, 0.2) is 55.1 Å². The Balaban J connectivity index is 2.24. The van der Waals surface area contributed by atoms with Crippen LogP contribution in [0.2, 0.25) is 0 Å². The molecule has 1 atom stereocenters. The maximum absolute atomic E-state index is 5.22. The van der Waals surface area contributed by atoms with Gasteiger partial charge in [-0.3, -0.25) is 0 Å². The van der Waals surface area contributed by atoms with Crippen LogP contribution in [0.25, 0.3) is 5.57 Å². The lowest BCUT2D eigenvalue weighted by Gasteiger charge is -2.19. The average Bonchev–Trinajstić information content (AvgIpc) is 2.56. The fourth-order valence-electron chi connectivity index (χ4n) is 2.53. The van der Waals surface area contributed by atoms with E-state index in [9.17, 15) is 0 Å². The maximum atomic E-state index is 5.22. The normalized spacial score (nSPS) is 11.8. The number of benzene rings is 2. The average molecular weight is 282 g/mol. The minimum absolute atomic E-state index is 0.310. The fraction of sp³-hybridized carbons (Fsp3) is 0.263. The summed E-state index contributed by atoms with van der Waals surface area (Å²) in [6.07, 6.45) is 1.01. The summed E-state index contributed by atoms with van der Waals surface area (Å²) in [6.45, 7) is 6.48. The van der Waals surface area contributed by atoms with Crippen molar-refractivity contribution in [1.82, 2.24) is 0 Å². The minimum Gasteiger partial charge on any atom is -0.497 e. The van der Waals surface area contributed by atoms with E-state index in [-0.39, 0.29) is 0 Å². The third-order valence-electron chi connectivity index (χ3n) is 3.81. The van der Waals surface area contributed by atoms with E-state index < -0.39 is 0 Å². The first-order chi connectivity index (χ1) is 10.2. The quantitative estimate of drug-likeness (QED) is 0.749. The fourth-order valence-corrected chi connectivity index (χ4v) is 2.53. The van der Waals surface area contributed by atoms with Gasteiger partial charge >= 0.3 is 0 Å². The first kappa shape index (κ1) is 15.2. The van der Waals surface area contributed by atoms with Crippen molar-refractivity contribution >= 4 is 5.57 Å². The van der Waals surface area contributed by atoms with Gasteiger partial charge in [0.2, 0.25) is 0 Å².